The van der Waals surface area contributed by atoms with Gasteiger partial charge in [0.05, 0.1) is 0 Å². The Morgan fingerprint density at radius 1 is 1.78 bits per heavy atom. The van der Waals surface area contributed by atoms with Crippen molar-refractivity contribution in [2.24, 2.45) is 5.73 Å². The van der Waals surface area contributed by atoms with Gasteiger partial charge in [-0.3, -0.25) is 4.55 Å². The predicted octanol–water partition coefficient (Wildman–Crippen LogP) is -1.27. The van der Waals surface area contributed by atoms with Crippen LogP contribution in [0.2, 0.25) is 0 Å². The van der Waals surface area contributed by atoms with E-state index < -0.39 is 10.3 Å². The van der Waals surface area contributed by atoms with Gasteiger partial charge in [0.25, 0.3) is 0 Å². The fourth-order valence-corrected chi connectivity index (χ4v) is 0.710. The molecule has 1 unspecified atom stereocenters. The maximum Gasteiger partial charge on any atom is 0.333 e. The van der Waals surface area contributed by atoms with Crippen molar-refractivity contribution in [1.29, 1.82) is 0 Å². The fourth-order valence-electron chi connectivity index (χ4n) is 0.237. The van der Waals surface area contributed by atoms with E-state index in [4.69, 9.17) is 10.3 Å². The molecule has 0 spiro atoms. The van der Waals surface area contributed by atoms with Crippen molar-refractivity contribution in [2.45, 2.75) is 13.0 Å². The first-order valence-electron chi connectivity index (χ1n) is 2.39. The zero-order chi connectivity index (χ0) is 7.49. The summed E-state index contributed by atoms with van der Waals surface area (Å²) in [5, 5.41) is 0. The molecule has 0 aliphatic rings. The SMILES string of the molecule is CC(N)CNS(=O)(=O)O. The molecule has 0 aromatic heterocycles. The van der Waals surface area contributed by atoms with Gasteiger partial charge in [-0.1, -0.05) is 0 Å². The van der Waals surface area contributed by atoms with E-state index in [1.54, 1.807) is 6.92 Å². The molecule has 0 aliphatic carbocycles. The minimum atomic E-state index is -4.05. The van der Waals surface area contributed by atoms with E-state index in [1.165, 1.54) is 0 Å². The molecule has 5 nitrogen and oxygen atoms in total. The van der Waals surface area contributed by atoms with Crippen LogP contribution in [0.3, 0.4) is 0 Å². The summed E-state index contributed by atoms with van der Waals surface area (Å²) in [5.41, 5.74) is 5.16. The third-order valence-corrected chi connectivity index (χ3v) is 1.12. The van der Waals surface area contributed by atoms with Gasteiger partial charge in [-0.2, -0.15) is 13.1 Å². The van der Waals surface area contributed by atoms with Crippen LogP contribution in [-0.2, 0) is 10.3 Å². The second-order valence-corrected chi connectivity index (χ2v) is 3.04. The molecule has 0 fully saturated rings. The number of nitrogens with two attached hydrogens (primary N) is 1. The molecule has 6 heteroatoms. The van der Waals surface area contributed by atoms with Crippen LogP contribution >= 0.6 is 0 Å². The van der Waals surface area contributed by atoms with E-state index in [1.807, 2.05) is 4.72 Å². The quantitative estimate of drug-likeness (QED) is 0.442. The Labute approximate surface area is 54.1 Å². The molecule has 0 rings (SSSR count). The van der Waals surface area contributed by atoms with Crippen LogP contribution < -0.4 is 10.5 Å². The highest BCUT2D eigenvalue weighted by Gasteiger charge is 2.02. The fraction of sp³-hybridized carbons (Fsp3) is 1.00. The highest BCUT2D eigenvalue weighted by atomic mass is 32.2. The van der Waals surface area contributed by atoms with E-state index in [0.717, 1.165) is 0 Å². The van der Waals surface area contributed by atoms with Crippen molar-refractivity contribution in [3.05, 3.63) is 0 Å². The van der Waals surface area contributed by atoms with Gasteiger partial charge in [-0.25, -0.2) is 0 Å². The molecular formula is C3H10N2O3S. The first kappa shape index (κ1) is 8.83. The van der Waals surface area contributed by atoms with Crippen LogP contribution in [0.25, 0.3) is 0 Å². The number of rotatable bonds is 3. The molecule has 56 valence electrons. The Balaban J connectivity index is 3.53. The summed E-state index contributed by atoms with van der Waals surface area (Å²) < 4.78 is 29.7. The van der Waals surface area contributed by atoms with Crippen molar-refractivity contribution >= 4 is 10.3 Å². The summed E-state index contributed by atoms with van der Waals surface area (Å²) in [5.74, 6) is 0. The lowest BCUT2D eigenvalue weighted by Crippen LogP contribution is -2.34. The minimum absolute atomic E-state index is 0.0544. The van der Waals surface area contributed by atoms with Gasteiger partial charge in [0.15, 0.2) is 0 Å². The van der Waals surface area contributed by atoms with Crippen LogP contribution in [0.15, 0.2) is 0 Å². The average Bonchev–Trinajstić information content (AvgIpc) is 1.59. The van der Waals surface area contributed by atoms with Crippen molar-refractivity contribution < 1.29 is 13.0 Å². The van der Waals surface area contributed by atoms with Crippen LogP contribution in [0, 0.1) is 0 Å². The first-order valence-corrected chi connectivity index (χ1v) is 3.83. The van der Waals surface area contributed by atoms with Gasteiger partial charge in [0.2, 0.25) is 0 Å². The third kappa shape index (κ3) is 7.83. The third-order valence-electron chi connectivity index (χ3n) is 0.588. The number of hydrogen-bond donors (Lipinski definition) is 3. The van der Waals surface area contributed by atoms with Crippen molar-refractivity contribution in [3.8, 4) is 0 Å². The van der Waals surface area contributed by atoms with E-state index in [9.17, 15) is 8.42 Å². The molecule has 4 N–H and O–H groups in total. The van der Waals surface area contributed by atoms with Gasteiger partial charge in [-0.05, 0) is 6.92 Å². The van der Waals surface area contributed by atoms with E-state index in [2.05, 4.69) is 0 Å². The van der Waals surface area contributed by atoms with Gasteiger partial charge in [0, 0.05) is 12.6 Å². The molecule has 1 atom stereocenters. The summed E-state index contributed by atoms with van der Waals surface area (Å²) in [6, 6.07) is -0.285. The number of nitrogens with one attached hydrogen (secondary N) is 1. The van der Waals surface area contributed by atoms with Crippen LogP contribution in [0.4, 0.5) is 0 Å². The standard InChI is InChI=1S/C3H10N2O3S/c1-3(4)2-5-9(6,7)8/h3,5H,2,4H2,1H3,(H,6,7,8). The van der Waals surface area contributed by atoms with Crippen LogP contribution in [0.5, 0.6) is 0 Å². The van der Waals surface area contributed by atoms with Gasteiger partial charge in [0.1, 0.15) is 0 Å². The van der Waals surface area contributed by atoms with E-state index >= 15 is 0 Å². The minimum Gasteiger partial charge on any atom is -0.327 e. The van der Waals surface area contributed by atoms with Crippen molar-refractivity contribution in [1.82, 2.24) is 4.72 Å². The van der Waals surface area contributed by atoms with E-state index in [0.29, 0.717) is 0 Å². The smallest absolute Gasteiger partial charge is 0.327 e. The predicted molar refractivity (Wildman–Crippen MR) is 33.2 cm³/mol. The topological polar surface area (TPSA) is 92.4 Å². The highest BCUT2D eigenvalue weighted by molar-refractivity contribution is 7.83. The molecule has 0 bridgehead atoms. The highest BCUT2D eigenvalue weighted by Crippen LogP contribution is 1.74. The molecule has 0 aromatic carbocycles. The Bertz CT molecular complexity index is 162. The molecule has 0 aliphatic heterocycles. The normalized spacial score (nSPS) is 15.4. The molecule has 0 radical (unpaired) electrons. The van der Waals surface area contributed by atoms with Gasteiger partial charge in [-0.15, -0.1) is 0 Å². The van der Waals surface area contributed by atoms with Crippen molar-refractivity contribution in [3.63, 3.8) is 0 Å². The number of hydrogen-bond acceptors (Lipinski definition) is 3. The second-order valence-electron chi connectivity index (χ2n) is 1.80. The Hall–Kier alpha value is -0.170. The maximum absolute atomic E-state index is 9.92. The summed E-state index contributed by atoms with van der Waals surface area (Å²) in [7, 11) is -4.05. The molecule has 0 saturated heterocycles. The summed E-state index contributed by atoms with van der Waals surface area (Å²) in [6.07, 6.45) is 0. The average molecular weight is 154 g/mol. The van der Waals surface area contributed by atoms with Gasteiger partial charge >= 0.3 is 10.3 Å². The van der Waals surface area contributed by atoms with Crippen molar-refractivity contribution in [2.75, 3.05) is 6.54 Å². The Morgan fingerprint density at radius 2 is 2.22 bits per heavy atom. The maximum atomic E-state index is 9.92. The zero-order valence-corrected chi connectivity index (χ0v) is 5.85. The zero-order valence-electron chi connectivity index (χ0n) is 5.03. The molecule has 0 heterocycles. The molecule has 0 saturated carbocycles. The largest absolute Gasteiger partial charge is 0.333 e. The summed E-state index contributed by atoms with van der Waals surface area (Å²) in [4.78, 5) is 0. The summed E-state index contributed by atoms with van der Waals surface area (Å²) in [6.45, 7) is 1.68. The Kier molecular flexibility index (Phi) is 3.06. The lowest BCUT2D eigenvalue weighted by atomic mass is 10.4. The lowest BCUT2D eigenvalue weighted by Gasteiger charge is -2.02. The lowest BCUT2D eigenvalue weighted by molar-refractivity contribution is 0.464. The molecule has 0 aromatic rings. The second kappa shape index (κ2) is 3.11. The first-order chi connectivity index (χ1) is 3.92. The van der Waals surface area contributed by atoms with E-state index in [-0.39, 0.29) is 12.6 Å². The molecule has 9 heavy (non-hydrogen) atoms. The van der Waals surface area contributed by atoms with Crippen LogP contribution in [-0.4, -0.2) is 25.6 Å². The van der Waals surface area contributed by atoms with Gasteiger partial charge < -0.3 is 5.73 Å². The monoisotopic (exact) mass is 154 g/mol. The molecule has 0 amide bonds. The van der Waals surface area contributed by atoms with Crippen LogP contribution in [0.1, 0.15) is 6.92 Å². The molecular weight excluding hydrogens is 144 g/mol. The summed E-state index contributed by atoms with van der Waals surface area (Å²) >= 11 is 0. The Morgan fingerprint density at radius 3 is 2.33 bits per heavy atom.